The van der Waals surface area contributed by atoms with E-state index in [-0.39, 0.29) is 0 Å². The molecule has 0 fully saturated rings. The molecule has 0 radical (unpaired) electrons. The number of aromatic amines is 1. The summed E-state index contributed by atoms with van der Waals surface area (Å²) in [7, 11) is 0. The standard InChI is InChI=1S/C27H18ClN5/c28-22-12-17(2-1-10-29)3-8-26(22)33-16-32-25-15-31-24-7-5-19(14-21(24)27(25)33)18-4-6-23-20(13-18)9-11-30-23/h3-9,11-16,30H,1-2H2. The molecule has 6 heteroatoms. The van der Waals surface area contributed by atoms with Gasteiger partial charge in [0.05, 0.1) is 34.0 Å². The zero-order valence-electron chi connectivity index (χ0n) is 17.6. The van der Waals surface area contributed by atoms with Crippen LogP contribution in [0.1, 0.15) is 12.0 Å². The number of aryl methyl sites for hydroxylation is 1. The van der Waals surface area contributed by atoms with Crippen molar-refractivity contribution in [2.24, 2.45) is 0 Å². The van der Waals surface area contributed by atoms with Gasteiger partial charge in [0, 0.05) is 23.5 Å². The molecule has 3 aromatic heterocycles. The van der Waals surface area contributed by atoms with E-state index in [1.165, 1.54) is 5.39 Å². The Kier molecular flexibility index (Phi) is 4.60. The highest BCUT2D eigenvalue weighted by molar-refractivity contribution is 6.32. The van der Waals surface area contributed by atoms with Crippen LogP contribution >= 0.6 is 11.6 Å². The largest absolute Gasteiger partial charge is 0.361 e. The number of benzene rings is 3. The molecule has 3 heterocycles. The maximum atomic E-state index is 8.86. The third kappa shape index (κ3) is 3.32. The summed E-state index contributed by atoms with van der Waals surface area (Å²) in [6.07, 6.45) is 6.70. The van der Waals surface area contributed by atoms with Gasteiger partial charge in [-0.25, -0.2) is 4.98 Å². The van der Waals surface area contributed by atoms with Crippen molar-refractivity contribution in [1.82, 2.24) is 19.5 Å². The molecule has 0 saturated carbocycles. The van der Waals surface area contributed by atoms with Gasteiger partial charge in [-0.3, -0.25) is 9.55 Å². The lowest BCUT2D eigenvalue weighted by Crippen LogP contribution is -1.96. The van der Waals surface area contributed by atoms with Crippen LogP contribution in [0.25, 0.3) is 49.7 Å². The molecule has 0 saturated heterocycles. The quantitative estimate of drug-likeness (QED) is 0.322. The first-order valence-corrected chi connectivity index (χ1v) is 11.1. The first kappa shape index (κ1) is 19.5. The highest BCUT2D eigenvalue weighted by atomic mass is 35.5. The topological polar surface area (TPSA) is 70.3 Å². The van der Waals surface area contributed by atoms with E-state index >= 15 is 0 Å². The molecule has 0 unspecified atom stereocenters. The minimum Gasteiger partial charge on any atom is -0.361 e. The van der Waals surface area contributed by atoms with Crippen molar-refractivity contribution in [3.8, 4) is 22.9 Å². The molecule has 0 aliphatic heterocycles. The summed E-state index contributed by atoms with van der Waals surface area (Å²) in [6, 6.07) is 23.0. The number of aromatic nitrogens is 4. The summed E-state index contributed by atoms with van der Waals surface area (Å²) in [5.74, 6) is 0. The predicted molar refractivity (Wildman–Crippen MR) is 133 cm³/mol. The average Bonchev–Trinajstić information content (AvgIpc) is 3.49. The number of nitriles is 1. The molecule has 0 spiro atoms. The fourth-order valence-corrected chi connectivity index (χ4v) is 4.68. The Morgan fingerprint density at radius 3 is 2.70 bits per heavy atom. The van der Waals surface area contributed by atoms with E-state index in [1.807, 2.05) is 29.0 Å². The molecule has 0 bridgehead atoms. The Hall–Kier alpha value is -4.14. The van der Waals surface area contributed by atoms with Gasteiger partial charge in [0.25, 0.3) is 0 Å². The van der Waals surface area contributed by atoms with Crippen LogP contribution in [-0.4, -0.2) is 19.5 Å². The maximum Gasteiger partial charge on any atom is 0.108 e. The van der Waals surface area contributed by atoms with Crippen molar-refractivity contribution < 1.29 is 0 Å². The van der Waals surface area contributed by atoms with Crippen LogP contribution < -0.4 is 0 Å². The molecule has 158 valence electrons. The first-order chi connectivity index (χ1) is 16.2. The molecule has 0 amide bonds. The Labute approximate surface area is 194 Å². The van der Waals surface area contributed by atoms with Crippen molar-refractivity contribution >= 4 is 44.4 Å². The monoisotopic (exact) mass is 447 g/mol. The smallest absolute Gasteiger partial charge is 0.108 e. The lowest BCUT2D eigenvalue weighted by Gasteiger charge is -2.11. The van der Waals surface area contributed by atoms with E-state index in [0.717, 1.165) is 49.8 Å². The zero-order valence-corrected chi connectivity index (χ0v) is 18.3. The number of fused-ring (bicyclic) bond motifs is 4. The maximum absolute atomic E-state index is 8.86. The van der Waals surface area contributed by atoms with Crippen LogP contribution in [0.3, 0.4) is 0 Å². The van der Waals surface area contributed by atoms with Crippen molar-refractivity contribution in [1.29, 1.82) is 5.26 Å². The Morgan fingerprint density at radius 1 is 0.939 bits per heavy atom. The van der Waals surface area contributed by atoms with Crippen molar-refractivity contribution in [3.63, 3.8) is 0 Å². The number of pyridine rings is 1. The molecular weight excluding hydrogens is 430 g/mol. The SMILES string of the molecule is N#CCCc1ccc(-n2cnc3cnc4ccc(-c5ccc6[nH]ccc6c5)cc4c32)c(Cl)c1. The summed E-state index contributed by atoms with van der Waals surface area (Å²) in [5.41, 5.74) is 7.96. The Bertz CT molecular complexity index is 1700. The molecule has 0 aliphatic rings. The first-order valence-electron chi connectivity index (χ1n) is 10.7. The highest BCUT2D eigenvalue weighted by Crippen LogP contribution is 2.33. The fraction of sp³-hybridized carbons (Fsp3) is 0.0741. The second-order valence-electron chi connectivity index (χ2n) is 8.06. The lowest BCUT2D eigenvalue weighted by atomic mass is 10.0. The molecule has 33 heavy (non-hydrogen) atoms. The zero-order chi connectivity index (χ0) is 22.4. The second-order valence-corrected chi connectivity index (χ2v) is 8.47. The predicted octanol–water partition coefficient (Wildman–Crippen LogP) is 6.83. The van der Waals surface area contributed by atoms with Gasteiger partial charge in [-0.05, 0) is 71.0 Å². The van der Waals surface area contributed by atoms with E-state index in [1.54, 1.807) is 12.5 Å². The number of halogens is 1. The number of imidazole rings is 1. The van der Waals surface area contributed by atoms with E-state index in [2.05, 4.69) is 63.5 Å². The molecule has 3 aromatic carbocycles. The third-order valence-corrected chi connectivity index (χ3v) is 6.36. The van der Waals surface area contributed by atoms with E-state index in [0.29, 0.717) is 17.9 Å². The Morgan fingerprint density at radius 2 is 1.82 bits per heavy atom. The minimum atomic E-state index is 0.470. The van der Waals surface area contributed by atoms with Crippen LogP contribution in [0, 0.1) is 11.3 Å². The summed E-state index contributed by atoms with van der Waals surface area (Å²) < 4.78 is 2.02. The van der Waals surface area contributed by atoms with E-state index in [9.17, 15) is 0 Å². The lowest BCUT2D eigenvalue weighted by molar-refractivity contribution is 1.00. The van der Waals surface area contributed by atoms with E-state index in [4.69, 9.17) is 16.9 Å². The van der Waals surface area contributed by atoms with Gasteiger partial charge in [0.1, 0.15) is 11.8 Å². The van der Waals surface area contributed by atoms with Gasteiger partial charge in [0.2, 0.25) is 0 Å². The molecule has 5 nitrogen and oxygen atoms in total. The van der Waals surface area contributed by atoms with Gasteiger partial charge in [-0.2, -0.15) is 5.26 Å². The molecule has 6 aromatic rings. The van der Waals surface area contributed by atoms with Crippen molar-refractivity contribution in [2.75, 3.05) is 0 Å². The second kappa shape index (κ2) is 7.77. The highest BCUT2D eigenvalue weighted by Gasteiger charge is 2.14. The van der Waals surface area contributed by atoms with E-state index < -0.39 is 0 Å². The normalized spacial score (nSPS) is 11.4. The summed E-state index contributed by atoms with van der Waals surface area (Å²) in [6.45, 7) is 0. The molecule has 1 N–H and O–H groups in total. The van der Waals surface area contributed by atoms with Crippen LogP contribution in [-0.2, 0) is 6.42 Å². The number of hydrogen-bond donors (Lipinski definition) is 1. The number of nitrogens with zero attached hydrogens (tertiary/aromatic N) is 4. The third-order valence-electron chi connectivity index (χ3n) is 6.06. The van der Waals surface area contributed by atoms with Crippen molar-refractivity contribution in [3.05, 3.63) is 90.0 Å². The van der Waals surface area contributed by atoms with Gasteiger partial charge in [0.15, 0.2) is 0 Å². The summed E-state index contributed by atoms with van der Waals surface area (Å²) in [4.78, 5) is 12.5. The average molecular weight is 448 g/mol. The van der Waals surface area contributed by atoms with Gasteiger partial charge >= 0.3 is 0 Å². The number of H-pyrrole nitrogens is 1. The minimum absolute atomic E-state index is 0.470. The summed E-state index contributed by atoms with van der Waals surface area (Å²) in [5, 5.41) is 11.7. The van der Waals surface area contributed by atoms with Crippen LogP contribution in [0.15, 0.2) is 79.4 Å². The van der Waals surface area contributed by atoms with Crippen LogP contribution in [0.2, 0.25) is 5.02 Å². The van der Waals surface area contributed by atoms with Gasteiger partial charge in [-0.1, -0.05) is 29.8 Å². The summed E-state index contributed by atoms with van der Waals surface area (Å²) >= 11 is 6.67. The van der Waals surface area contributed by atoms with Gasteiger partial charge < -0.3 is 4.98 Å². The van der Waals surface area contributed by atoms with Gasteiger partial charge in [-0.15, -0.1) is 0 Å². The number of nitrogens with one attached hydrogen (secondary N) is 1. The molecule has 0 atom stereocenters. The van der Waals surface area contributed by atoms with Crippen LogP contribution in [0.4, 0.5) is 0 Å². The number of hydrogen-bond acceptors (Lipinski definition) is 3. The molecular formula is C27H18ClN5. The molecule has 6 rings (SSSR count). The van der Waals surface area contributed by atoms with Crippen molar-refractivity contribution in [2.45, 2.75) is 12.8 Å². The number of rotatable bonds is 4. The fourth-order valence-electron chi connectivity index (χ4n) is 4.39. The Balaban J connectivity index is 1.53. The van der Waals surface area contributed by atoms with Crippen LogP contribution in [0.5, 0.6) is 0 Å². The molecule has 0 aliphatic carbocycles.